The number of rotatable bonds is 5. The normalized spacial score (nSPS) is 19.6. The Morgan fingerprint density at radius 3 is 2.40 bits per heavy atom. The van der Waals surface area contributed by atoms with Crippen molar-refractivity contribution >= 4 is 11.8 Å². The third-order valence-corrected chi connectivity index (χ3v) is 5.96. The molecule has 1 amide bonds. The number of carbonyl (C=O) groups excluding carboxylic acids is 1. The first-order valence-electron chi connectivity index (χ1n) is 11.1. The summed E-state index contributed by atoms with van der Waals surface area (Å²) in [5.41, 5.74) is 1.01. The van der Waals surface area contributed by atoms with E-state index in [0.29, 0.717) is 55.4 Å². The zero-order valence-electron chi connectivity index (χ0n) is 19.1. The van der Waals surface area contributed by atoms with Gasteiger partial charge in [-0.3, -0.25) is 4.90 Å². The lowest BCUT2D eigenvalue weighted by molar-refractivity contribution is -0.275. The minimum atomic E-state index is -4.83. The van der Waals surface area contributed by atoms with Crippen molar-refractivity contribution in [3.05, 3.63) is 35.9 Å². The summed E-state index contributed by atoms with van der Waals surface area (Å²) in [4.78, 5) is 22.9. The van der Waals surface area contributed by atoms with Crippen LogP contribution in [0.1, 0.15) is 12.5 Å². The van der Waals surface area contributed by atoms with Gasteiger partial charge in [-0.05, 0) is 13.0 Å². The number of anilines is 1. The Balaban J connectivity index is 1.43. The Morgan fingerprint density at radius 1 is 1.09 bits per heavy atom. The first-order valence-corrected chi connectivity index (χ1v) is 11.1. The quantitative estimate of drug-likeness (QED) is 0.646. The molecule has 3 heterocycles. The van der Waals surface area contributed by atoms with Crippen LogP contribution >= 0.6 is 0 Å². The lowest BCUT2D eigenvalue weighted by Crippen LogP contribution is -2.55. The van der Waals surface area contributed by atoms with Crippen molar-refractivity contribution in [2.24, 2.45) is 0 Å². The molecular formula is C22H27F3N4O6. The minimum absolute atomic E-state index is 0.196. The molecule has 0 radical (unpaired) electrons. The van der Waals surface area contributed by atoms with E-state index >= 15 is 0 Å². The number of morpholine rings is 1. The van der Waals surface area contributed by atoms with Gasteiger partial charge in [-0.15, -0.1) is 17.9 Å². The Morgan fingerprint density at radius 2 is 1.77 bits per heavy atom. The van der Waals surface area contributed by atoms with Gasteiger partial charge in [-0.25, -0.2) is 4.79 Å². The highest BCUT2D eigenvalue weighted by molar-refractivity contribution is 5.68. The second kappa shape index (κ2) is 10.1. The number of carbonyl (C=O) groups is 1. The fraction of sp³-hybridized carbons (Fsp3) is 0.500. The summed E-state index contributed by atoms with van der Waals surface area (Å²) in [6.45, 7) is 5.13. The fourth-order valence-corrected chi connectivity index (χ4v) is 4.23. The molecule has 0 saturated carbocycles. The van der Waals surface area contributed by atoms with Gasteiger partial charge in [-0.2, -0.15) is 0 Å². The minimum Gasteiger partial charge on any atom is -0.492 e. The van der Waals surface area contributed by atoms with E-state index in [4.69, 9.17) is 9.57 Å². The highest BCUT2D eigenvalue weighted by Crippen LogP contribution is 2.32. The summed E-state index contributed by atoms with van der Waals surface area (Å²) in [6, 6.07) is 6.83. The van der Waals surface area contributed by atoms with E-state index in [1.165, 1.54) is 23.1 Å². The average Bonchev–Trinajstić information content (AvgIpc) is 3.12. The summed E-state index contributed by atoms with van der Waals surface area (Å²) in [5.74, 6) is -1.12. The highest BCUT2D eigenvalue weighted by atomic mass is 19.4. The largest absolute Gasteiger partial charge is 0.573 e. The number of alkyl halides is 3. The van der Waals surface area contributed by atoms with Crippen molar-refractivity contribution in [1.82, 2.24) is 14.5 Å². The SMILES string of the molecule is CC1CN(Cc2ccc(N3CCOCC3)cc2OC(F)(F)F)CCN1C(=O)On1c(O)ccc1O. The van der Waals surface area contributed by atoms with Crippen molar-refractivity contribution in [1.29, 1.82) is 0 Å². The molecule has 1 aromatic carbocycles. The van der Waals surface area contributed by atoms with Gasteiger partial charge in [0.2, 0.25) is 11.8 Å². The van der Waals surface area contributed by atoms with Gasteiger partial charge >= 0.3 is 12.5 Å². The van der Waals surface area contributed by atoms with Gasteiger partial charge < -0.3 is 34.3 Å². The van der Waals surface area contributed by atoms with Crippen LogP contribution in [-0.2, 0) is 11.3 Å². The molecule has 2 fully saturated rings. The average molecular weight is 500 g/mol. The predicted octanol–water partition coefficient (Wildman–Crippen LogP) is 2.39. The van der Waals surface area contributed by atoms with Crippen molar-refractivity contribution in [3.63, 3.8) is 0 Å². The second-order valence-electron chi connectivity index (χ2n) is 8.42. The van der Waals surface area contributed by atoms with Crippen LogP contribution in [0.3, 0.4) is 0 Å². The molecule has 2 N–H and O–H groups in total. The standard InChI is InChI=1S/C22H27F3N4O6/c1-15-13-26(6-7-28(15)21(32)35-29-19(30)4-5-20(29)31)14-16-2-3-17(27-8-10-33-11-9-27)12-18(16)34-22(23,24)25/h2-5,12,15,30-31H,6-11,13-14H2,1H3. The fourth-order valence-electron chi connectivity index (χ4n) is 4.23. The van der Waals surface area contributed by atoms with Gasteiger partial charge in [0.1, 0.15) is 5.75 Å². The molecule has 2 aromatic rings. The molecule has 13 heteroatoms. The first-order chi connectivity index (χ1) is 16.6. The van der Waals surface area contributed by atoms with Crippen molar-refractivity contribution < 1.29 is 42.5 Å². The molecule has 2 saturated heterocycles. The van der Waals surface area contributed by atoms with Crippen molar-refractivity contribution in [2.45, 2.75) is 25.9 Å². The van der Waals surface area contributed by atoms with Crippen LogP contribution in [0, 0.1) is 0 Å². The van der Waals surface area contributed by atoms with Gasteiger partial charge in [0.15, 0.2) is 0 Å². The van der Waals surface area contributed by atoms with Crippen molar-refractivity contribution in [2.75, 3.05) is 50.8 Å². The van der Waals surface area contributed by atoms with E-state index in [-0.39, 0.29) is 24.9 Å². The van der Waals surface area contributed by atoms with Crippen LogP contribution in [0.4, 0.5) is 23.7 Å². The number of aromatic hydroxyl groups is 2. The Kier molecular flexibility index (Phi) is 7.17. The zero-order chi connectivity index (χ0) is 25.2. The van der Waals surface area contributed by atoms with Gasteiger partial charge in [0.25, 0.3) is 0 Å². The molecule has 4 rings (SSSR count). The molecule has 10 nitrogen and oxygen atoms in total. The number of piperazine rings is 1. The monoisotopic (exact) mass is 500 g/mol. The predicted molar refractivity (Wildman–Crippen MR) is 117 cm³/mol. The summed E-state index contributed by atoms with van der Waals surface area (Å²) in [6.07, 6.45) is -5.60. The summed E-state index contributed by atoms with van der Waals surface area (Å²) in [5, 5.41) is 19.3. The molecule has 2 aliphatic rings. The number of hydrogen-bond donors (Lipinski definition) is 2. The number of amides is 1. The van der Waals surface area contributed by atoms with Gasteiger partial charge in [0, 0.05) is 74.8 Å². The smallest absolute Gasteiger partial charge is 0.492 e. The lowest BCUT2D eigenvalue weighted by atomic mass is 10.1. The van der Waals surface area contributed by atoms with E-state index in [2.05, 4.69) is 4.74 Å². The van der Waals surface area contributed by atoms with E-state index in [1.54, 1.807) is 19.1 Å². The van der Waals surface area contributed by atoms with E-state index in [9.17, 15) is 28.2 Å². The number of hydrogen-bond acceptors (Lipinski definition) is 8. The van der Waals surface area contributed by atoms with E-state index in [0.717, 1.165) is 0 Å². The zero-order valence-corrected chi connectivity index (χ0v) is 19.1. The molecule has 0 bridgehead atoms. The lowest BCUT2D eigenvalue weighted by Gasteiger charge is -2.39. The maximum atomic E-state index is 13.1. The van der Waals surface area contributed by atoms with E-state index in [1.807, 2.05) is 9.80 Å². The number of nitrogens with zero attached hydrogens (tertiary/aromatic N) is 4. The molecule has 1 aromatic heterocycles. The molecule has 0 aliphatic carbocycles. The molecule has 35 heavy (non-hydrogen) atoms. The molecule has 1 atom stereocenters. The number of halogens is 3. The maximum absolute atomic E-state index is 13.1. The Labute approximate surface area is 199 Å². The third kappa shape index (κ3) is 6.03. The van der Waals surface area contributed by atoms with Crippen LogP contribution < -0.4 is 14.5 Å². The molecular weight excluding hydrogens is 473 g/mol. The molecule has 2 aliphatic heterocycles. The van der Waals surface area contributed by atoms with E-state index < -0.39 is 24.2 Å². The number of benzene rings is 1. The number of ether oxygens (including phenoxy) is 2. The second-order valence-corrected chi connectivity index (χ2v) is 8.42. The molecule has 1 unspecified atom stereocenters. The summed E-state index contributed by atoms with van der Waals surface area (Å²) in [7, 11) is 0. The van der Waals surface area contributed by atoms with Crippen LogP contribution in [0.25, 0.3) is 0 Å². The van der Waals surface area contributed by atoms with Crippen LogP contribution in [-0.4, -0.2) is 89.2 Å². The first kappa shape index (κ1) is 24.8. The topological polar surface area (TPSA) is 99.9 Å². The summed E-state index contributed by atoms with van der Waals surface area (Å²) >= 11 is 0. The number of aromatic nitrogens is 1. The van der Waals surface area contributed by atoms with Crippen LogP contribution in [0.15, 0.2) is 30.3 Å². The maximum Gasteiger partial charge on any atom is 0.573 e. The molecule has 192 valence electrons. The third-order valence-electron chi connectivity index (χ3n) is 5.96. The Hall–Kier alpha value is -3.32. The highest BCUT2D eigenvalue weighted by Gasteiger charge is 2.34. The van der Waals surface area contributed by atoms with Crippen LogP contribution in [0.5, 0.6) is 17.5 Å². The van der Waals surface area contributed by atoms with Crippen LogP contribution in [0.2, 0.25) is 0 Å². The van der Waals surface area contributed by atoms with Gasteiger partial charge in [-0.1, -0.05) is 6.07 Å². The van der Waals surface area contributed by atoms with Gasteiger partial charge in [0.05, 0.1) is 13.2 Å². The Bertz CT molecular complexity index is 1020. The summed E-state index contributed by atoms with van der Waals surface area (Å²) < 4.78 is 49.6. The van der Waals surface area contributed by atoms with Crippen molar-refractivity contribution in [3.8, 4) is 17.5 Å². The molecule has 0 spiro atoms.